The van der Waals surface area contributed by atoms with Gasteiger partial charge in [0.25, 0.3) is 0 Å². The van der Waals surface area contributed by atoms with E-state index >= 15 is 0 Å². The molecule has 2 rings (SSSR count). The molecule has 7 nitrogen and oxygen atoms in total. The number of ether oxygens (including phenoxy) is 1. The first-order valence-electron chi connectivity index (χ1n) is 7.28. The number of sulfonamides is 1. The fourth-order valence-corrected chi connectivity index (χ4v) is 3.71. The average Bonchev–Trinajstić information content (AvgIpc) is 2.69. The summed E-state index contributed by atoms with van der Waals surface area (Å²) in [6.45, 7) is 0.521. The van der Waals surface area contributed by atoms with Gasteiger partial charge < -0.3 is 9.64 Å². The van der Waals surface area contributed by atoms with Gasteiger partial charge >= 0.3 is 5.97 Å². The molecule has 1 unspecified atom stereocenters. The van der Waals surface area contributed by atoms with Gasteiger partial charge in [-0.3, -0.25) is 4.79 Å². The van der Waals surface area contributed by atoms with E-state index in [-0.39, 0.29) is 22.4 Å². The predicted octanol–water partition coefficient (Wildman–Crippen LogP) is 0.762. The van der Waals surface area contributed by atoms with Crippen molar-refractivity contribution in [3.8, 4) is 0 Å². The molecule has 0 spiro atoms. The van der Waals surface area contributed by atoms with Crippen LogP contribution in [0, 0.1) is 0 Å². The summed E-state index contributed by atoms with van der Waals surface area (Å²) in [5.41, 5.74) is 0.285. The van der Waals surface area contributed by atoms with E-state index in [1.54, 1.807) is 11.9 Å². The molecule has 1 aliphatic rings. The average molecular weight is 340 g/mol. The largest absolute Gasteiger partial charge is 0.465 e. The summed E-state index contributed by atoms with van der Waals surface area (Å²) in [5, 5.41) is 0. The quantitative estimate of drug-likeness (QED) is 0.817. The van der Waals surface area contributed by atoms with E-state index in [0.717, 1.165) is 0 Å². The van der Waals surface area contributed by atoms with E-state index in [4.69, 9.17) is 0 Å². The number of likely N-dealkylation sites (tertiary alicyclic amines) is 1. The molecule has 1 amide bonds. The van der Waals surface area contributed by atoms with Crippen LogP contribution in [0.2, 0.25) is 0 Å². The second kappa shape index (κ2) is 7.10. The van der Waals surface area contributed by atoms with E-state index < -0.39 is 16.0 Å². The molecule has 126 valence electrons. The zero-order valence-corrected chi connectivity index (χ0v) is 13.9. The van der Waals surface area contributed by atoms with Crippen molar-refractivity contribution in [1.82, 2.24) is 9.62 Å². The summed E-state index contributed by atoms with van der Waals surface area (Å²) in [7, 11) is -0.716. The Balaban J connectivity index is 2.09. The molecule has 1 aromatic carbocycles. The summed E-state index contributed by atoms with van der Waals surface area (Å²) in [4.78, 5) is 24.7. The molecule has 0 radical (unpaired) electrons. The second-order valence-corrected chi connectivity index (χ2v) is 7.19. The highest BCUT2D eigenvalue weighted by Crippen LogP contribution is 2.16. The molecular formula is C15H20N2O5S. The molecule has 1 aromatic rings. The van der Waals surface area contributed by atoms with Crippen molar-refractivity contribution >= 4 is 21.9 Å². The topological polar surface area (TPSA) is 92.8 Å². The van der Waals surface area contributed by atoms with E-state index in [9.17, 15) is 18.0 Å². The Hall–Kier alpha value is -1.93. The third-order valence-corrected chi connectivity index (χ3v) is 5.39. The predicted molar refractivity (Wildman–Crippen MR) is 83.4 cm³/mol. The summed E-state index contributed by atoms with van der Waals surface area (Å²) in [6.07, 6.45) is 1.37. The van der Waals surface area contributed by atoms with Crippen molar-refractivity contribution in [3.63, 3.8) is 0 Å². The number of benzene rings is 1. The highest BCUT2D eigenvalue weighted by molar-refractivity contribution is 7.89. The minimum atomic E-state index is -3.69. The maximum Gasteiger partial charge on any atom is 0.337 e. The Morgan fingerprint density at radius 2 is 1.91 bits per heavy atom. The molecule has 0 aromatic heterocycles. The molecule has 0 bridgehead atoms. The minimum absolute atomic E-state index is 0.0223. The first-order valence-corrected chi connectivity index (χ1v) is 8.76. The molecule has 1 fully saturated rings. The van der Waals surface area contributed by atoms with Crippen LogP contribution in [0.3, 0.4) is 0 Å². The van der Waals surface area contributed by atoms with Gasteiger partial charge in [0.1, 0.15) is 0 Å². The summed E-state index contributed by atoms with van der Waals surface area (Å²) in [5.74, 6) is -0.499. The molecule has 1 aliphatic heterocycles. The molecule has 1 heterocycles. The second-order valence-electron chi connectivity index (χ2n) is 5.48. The molecule has 1 atom stereocenters. The Bertz CT molecular complexity index is 684. The van der Waals surface area contributed by atoms with E-state index in [0.29, 0.717) is 25.8 Å². The smallest absolute Gasteiger partial charge is 0.337 e. The van der Waals surface area contributed by atoms with E-state index in [1.165, 1.54) is 31.4 Å². The van der Waals surface area contributed by atoms with Crippen LogP contribution in [0.25, 0.3) is 0 Å². The summed E-state index contributed by atoms with van der Waals surface area (Å²) in [6, 6.07) is 5.26. The molecule has 1 saturated heterocycles. The zero-order chi connectivity index (χ0) is 17.0. The van der Waals surface area contributed by atoms with Crippen molar-refractivity contribution in [2.24, 2.45) is 0 Å². The maximum atomic E-state index is 12.4. The van der Waals surface area contributed by atoms with Crippen molar-refractivity contribution in [3.05, 3.63) is 29.8 Å². The fraction of sp³-hybridized carbons (Fsp3) is 0.467. The van der Waals surface area contributed by atoms with Crippen LogP contribution in [0.5, 0.6) is 0 Å². The summed E-state index contributed by atoms with van der Waals surface area (Å²) < 4.78 is 32.0. The Morgan fingerprint density at radius 1 is 1.26 bits per heavy atom. The molecule has 23 heavy (non-hydrogen) atoms. The van der Waals surface area contributed by atoms with Crippen LogP contribution in [-0.2, 0) is 19.6 Å². The number of hydrogen-bond acceptors (Lipinski definition) is 5. The third-order valence-electron chi connectivity index (χ3n) is 3.85. The van der Waals surface area contributed by atoms with Crippen molar-refractivity contribution < 1.29 is 22.7 Å². The highest BCUT2D eigenvalue weighted by atomic mass is 32.2. The van der Waals surface area contributed by atoms with Crippen molar-refractivity contribution in [1.29, 1.82) is 0 Å². The van der Waals surface area contributed by atoms with Crippen LogP contribution in [0.15, 0.2) is 29.2 Å². The number of hydrogen-bond donors (Lipinski definition) is 1. The lowest BCUT2D eigenvalue weighted by Gasteiger charge is -2.17. The monoisotopic (exact) mass is 340 g/mol. The third kappa shape index (κ3) is 4.29. The van der Waals surface area contributed by atoms with Gasteiger partial charge in [0, 0.05) is 26.1 Å². The number of amides is 1. The number of nitrogens with one attached hydrogen (secondary N) is 1. The number of carbonyl (C=O) groups excluding carboxylic acids is 2. The zero-order valence-electron chi connectivity index (χ0n) is 13.1. The SMILES string of the molecule is COC(=O)c1ccc(S(=O)(=O)NC2CCC(=O)N(C)CC2)cc1. The van der Waals surface area contributed by atoms with Gasteiger partial charge in [0.15, 0.2) is 0 Å². The van der Waals surface area contributed by atoms with Crippen molar-refractivity contribution in [2.45, 2.75) is 30.2 Å². The minimum Gasteiger partial charge on any atom is -0.465 e. The lowest BCUT2D eigenvalue weighted by atomic mass is 10.1. The molecule has 0 saturated carbocycles. The van der Waals surface area contributed by atoms with E-state index in [1.807, 2.05) is 0 Å². The Labute approximate surface area is 135 Å². The maximum absolute atomic E-state index is 12.4. The lowest BCUT2D eigenvalue weighted by Crippen LogP contribution is -2.35. The highest BCUT2D eigenvalue weighted by Gasteiger charge is 2.25. The van der Waals surface area contributed by atoms with Gasteiger partial charge in [-0.15, -0.1) is 0 Å². The van der Waals surface area contributed by atoms with Gasteiger partial charge in [0.2, 0.25) is 15.9 Å². The molecule has 0 aliphatic carbocycles. The van der Waals surface area contributed by atoms with Crippen LogP contribution >= 0.6 is 0 Å². The van der Waals surface area contributed by atoms with Crippen LogP contribution in [0.1, 0.15) is 29.6 Å². The molecule has 8 heteroatoms. The standard InChI is InChI=1S/C15H20N2O5S/c1-17-10-9-12(5-8-14(17)18)16-23(20,21)13-6-3-11(4-7-13)15(19)22-2/h3-4,6-7,12,16H,5,8-10H2,1-2H3. The van der Waals surface area contributed by atoms with Crippen molar-refractivity contribution in [2.75, 3.05) is 20.7 Å². The molecule has 1 N–H and O–H groups in total. The first-order chi connectivity index (χ1) is 10.8. The van der Waals surface area contributed by atoms with E-state index in [2.05, 4.69) is 9.46 Å². The summed E-state index contributed by atoms with van der Waals surface area (Å²) >= 11 is 0. The van der Waals surface area contributed by atoms with Gasteiger partial charge in [0.05, 0.1) is 17.6 Å². The molecular weight excluding hydrogens is 320 g/mol. The number of methoxy groups -OCH3 is 1. The van der Waals surface area contributed by atoms with Crippen LogP contribution < -0.4 is 4.72 Å². The van der Waals surface area contributed by atoms with Gasteiger partial charge in [-0.2, -0.15) is 0 Å². The number of carbonyl (C=O) groups is 2. The van der Waals surface area contributed by atoms with Gasteiger partial charge in [-0.05, 0) is 37.1 Å². The van der Waals surface area contributed by atoms with Crippen LogP contribution in [0.4, 0.5) is 0 Å². The number of nitrogens with zero attached hydrogens (tertiary/aromatic N) is 1. The fourth-order valence-electron chi connectivity index (χ4n) is 2.40. The number of rotatable bonds is 4. The normalized spacial score (nSPS) is 19.3. The number of esters is 1. The Morgan fingerprint density at radius 3 is 2.52 bits per heavy atom. The lowest BCUT2D eigenvalue weighted by molar-refractivity contribution is -0.129. The van der Waals surface area contributed by atoms with Gasteiger partial charge in [-0.1, -0.05) is 0 Å². The first kappa shape index (κ1) is 17.4. The van der Waals surface area contributed by atoms with Crippen LogP contribution in [-0.4, -0.2) is 51.9 Å². The van der Waals surface area contributed by atoms with Gasteiger partial charge in [-0.25, -0.2) is 17.9 Å². The Kier molecular flexibility index (Phi) is 5.38.